The highest BCUT2D eigenvalue weighted by atomic mass is 15.2. The van der Waals surface area contributed by atoms with Gasteiger partial charge in [0.15, 0.2) is 0 Å². The summed E-state index contributed by atoms with van der Waals surface area (Å²) in [6, 6.07) is 1.48. The maximum absolute atomic E-state index is 3.83. The van der Waals surface area contributed by atoms with Crippen LogP contribution in [0.3, 0.4) is 0 Å². The maximum Gasteiger partial charge on any atom is 0.0269 e. The van der Waals surface area contributed by atoms with E-state index in [1.165, 1.54) is 45.3 Å². The standard InChI is InChI=1S/C17H34N2/c1-13(2)7-6-10-19-12-15(14-8-9-14)18-11-16(19)17(3,4)5/h13-16,18H,6-12H2,1-5H3. The predicted octanol–water partition coefficient (Wildman–Crippen LogP) is 3.52. The van der Waals surface area contributed by atoms with Gasteiger partial charge in [0.05, 0.1) is 0 Å². The molecule has 1 heterocycles. The zero-order valence-corrected chi connectivity index (χ0v) is 13.7. The Bertz CT molecular complexity index is 275. The van der Waals surface area contributed by atoms with Crippen LogP contribution in [0.1, 0.15) is 60.3 Å². The Morgan fingerprint density at radius 1 is 1.21 bits per heavy atom. The third-order valence-corrected chi connectivity index (χ3v) is 4.86. The molecule has 2 atom stereocenters. The van der Waals surface area contributed by atoms with Crippen LogP contribution in [0.25, 0.3) is 0 Å². The van der Waals surface area contributed by atoms with E-state index in [2.05, 4.69) is 44.8 Å². The summed E-state index contributed by atoms with van der Waals surface area (Å²) < 4.78 is 0. The summed E-state index contributed by atoms with van der Waals surface area (Å²) >= 11 is 0. The molecule has 0 spiro atoms. The molecular formula is C17H34N2. The third kappa shape index (κ3) is 4.46. The van der Waals surface area contributed by atoms with E-state index in [0.29, 0.717) is 11.5 Å². The van der Waals surface area contributed by atoms with E-state index in [-0.39, 0.29) is 0 Å². The molecule has 0 aromatic rings. The van der Waals surface area contributed by atoms with Crippen molar-refractivity contribution in [3.05, 3.63) is 0 Å². The first kappa shape index (κ1) is 15.3. The molecule has 2 nitrogen and oxygen atoms in total. The van der Waals surface area contributed by atoms with Gasteiger partial charge in [0, 0.05) is 25.2 Å². The second kappa shape index (κ2) is 6.13. The Kier molecular flexibility index (Phi) is 4.94. The van der Waals surface area contributed by atoms with E-state index in [0.717, 1.165) is 17.9 Å². The summed E-state index contributed by atoms with van der Waals surface area (Å²) in [4.78, 5) is 2.79. The largest absolute Gasteiger partial charge is 0.311 e. The van der Waals surface area contributed by atoms with Crippen molar-refractivity contribution in [1.82, 2.24) is 10.2 Å². The van der Waals surface area contributed by atoms with E-state index in [9.17, 15) is 0 Å². The van der Waals surface area contributed by atoms with Crippen LogP contribution in [-0.4, -0.2) is 36.6 Å². The van der Waals surface area contributed by atoms with Crippen molar-refractivity contribution in [2.75, 3.05) is 19.6 Å². The predicted molar refractivity (Wildman–Crippen MR) is 83.4 cm³/mol. The zero-order chi connectivity index (χ0) is 14.0. The smallest absolute Gasteiger partial charge is 0.0269 e. The molecule has 0 amide bonds. The van der Waals surface area contributed by atoms with Crippen molar-refractivity contribution in [3.8, 4) is 0 Å². The number of rotatable bonds is 5. The molecule has 1 aliphatic carbocycles. The summed E-state index contributed by atoms with van der Waals surface area (Å²) in [5, 5.41) is 3.83. The minimum atomic E-state index is 0.388. The number of hydrogen-bond acceptors (Lipinski definition) is 2. The molecule has 1 aliphatic heterocycles. The highest BCUT2D eigenvalue weighted by Crippen LogP contribution is 2.36. The lowest BCUT2D eigenvalue weighted by molar-refractivity contribution is 0.0493. The summed E-state index contributed by atoms with van der Waals surface area (Å²) in [7, 11) is 0. The van der Waals surface area contributed by atoms with Gasteiger partial charge in [-0.15, -0.1) is 0 Å². The average Bonchev–Trinajstić information content (AvgIpc) is 3.10. The summed E-state index contributed by atoms with van der Waals surface area (Å²) in [5.41, 5.74) is 0.388. The molecular weight excluding hydrogens is 232 g/mol. The molecule has 2 heteroatoms. The van der Waals surface area contributed by atoms with Crippen molar-refractivity contribution in [3.63, 3.8) is 0 Å². The lowest BCUT2D eigenvalue weighted by atomic mass is 9.83. The first-order valence-corrected chi connectivity index (χ1v) is 8.35. The Morgan fingerprint density at radius 2 is 1.89 bits per heavy atom. The zero-order valence-electron chi connectivity index (χ0n) is 13.7. The summed E-state index contributed by atoms with van der Waals surface area (Å²) in [6.07, 6.45) is 5.64. The van der Waals surface area contributed by atoms with Gasteiger partial charge in [0.2, 0.25) is 0 Å². The van der Waals surface area contributed by atoms with Crippen LogP contribution in [0.15, 0.2) is 0 Å². The molecule has 1 N–H and O–H groups in total. The molecule has 0 bridgehead atoms. The van der Waals surface area contributed by atoms with Crippen LogP contribution in [0, 0.1) is 17.3 Å². The number of nitrogens with one attached hydrogen (secondary N) is 1. The van der Waals surface area contributed by atoms with Gasteiger partial charge in [-0.3, -0.25) is 4.90 Å². The molecule has 2 unspecified atom stereocenters. The second-order valence-electron chi connectivity index (χ2n) is 8.27. The SMILES string of the molecule is CC(C)CCCN1CC(C2CC2)NCC1C(C)(C)C. The van der Waals surface area contributed by atoms with E-state index in [1.54, 1.807) is 0 Å². The fraction of sp³-hybridized carbons (Fsp3) is 1.00. The van der Waals surface area contributed by atoms with Crippen molar-refractivity contribution >= 4 is 0 Å². The van der Waals surface area contributed by atoms with E-state index in [1.807, 2.05) is 0 Å². The molecule has 1 saturated carbocycles. The van der Waals surface area contributed by atoms with Crippen LogP contribution >= 0.6 is 0 Å². The Balaban J connectivity index is 1.90. The van der Waals surface area contributed by atoms with Gasteiger partial charge in [0.1, 0.15) is 0 Å². The molecule has 19 heavy (non-hydrogen) atoms. The van der Waals surface area contributed by atoms with Crippen LogP contribution in [0.4, 0.5) is 0 Å². The van der Waals surface area contributed by atoms with Gasteiger partial charge < -0.3 is 5.32 Å². The molecule has 0 aromatic carbocycles. The monoisotopic (exact) mass is 266 g/mol. The minimum Gasteiger partial charge on any atom is -0.311 e. The molecule has 2 fully saturated rings. The van der Waals surface area contributed by atoms with Crippen LogP contribution in [0.5, 0.6) is 0 Å². The highest BCUT2D eigenvalue weighted by molar-refractivity contribution is 4.97. The van der Waals surface area contributed by atoms with Crippen molar-refractivity contribution in [2.45, 2.75) is 72.4 Å². The topological polar surface area (TPSA) is 15.3 Å². The van der Waals surface area contributed by atoms with Gasteiger partial charge in [-0.25, -0.2) is 0 Å². The van der Waals surface area contributed by atoms with Gasteiger partial charge in [0.25, 0.3) is 0 Å². The second-order valence-corrected chi connectivity index (χ2v) is 8.27. The summed E-state index contributed by atoms with van der Waals surface area (Å²) in [5.74, 6) is 1.82. The van der Waals surface area contributed by atoms with Gasteiger partial charge in [-0.1, -0.05) is 34.6 Å². The first-order valence-electron chi connectivity index (χ1n) is 8.35. The average molecular weight is 266 g/mol. The number of nitrogens with zero attached hydrogens (tertiary/aromatic N) is 1. The molecule has 0 radical (unpaired) electrons. The number of piperazine rings is 1. The Hall–Kier alpha value is -0.0800. The summed E-state index contributed by atoms with van der Waals surface area (Å²) in [6.45, 7) is 15.6. The molecule has 0 aromatic heterocycles. The number of hydrogen-bond donors (Lipinski definition) is 1. The Labute approximate surface area is 120 Å². The minimum absolute atomic E-state index is 0.388. The van der Waals surface area contributed by atoms with Gasteiger partial charge >= 0.3 is 0 Å². The normalized spacial score (nSPS) is 30.0. The Morgan fingerprint density at radius 3 is 2.42 bits per heavy atom. The molecule has 2 rings (SSSR count). The van der Waals surface area contributed by atoms with Crippen molar-refractivity contribution < 1.29 is 0 Å². The molecule has 2 aliphatic rings. The third-order valence-electron chi connectivity index (χ3n) is 4.86. The quantitative estimate of drug-likeness (QED) is 0.819. The van der Waals surface area contributed by atoms with E-state index in [4.69, 9.17) is 0 Å². The first-order chi connectivity index (χ1) is 8.88. The van der Waals surface area contributed by atoms with E-state index < -0.39 is 0 Å². The van der Waals surface area contributed by atoms with Crippen LogP contribution < -0.4 is 5.32 Å². The van der Waals surface area contributed by atoms with E-state index >= 15 is 0 Å². The van der Waals surface area contributed by atoms with Crippen molar-refractivity contribution in [1.29, 1.82) is 0 Å². The molecule has 112 valence electrons. The van der Waals surface area contributed by atoms with Crippen LogP contribution in [0.2, 0.25) is 0 Å². The van der Waals surface area contributed by atoms with Crippen molar-refractivity contribution in [2.24, 2.45) is 17.3 Å². The van der Waals surface area contributed by atoms with Gasteiger partial charge in [-0.2, -0.15) is 0 Å². The lowest BCUT2D eigenvalue weighted by Gasteiger charge is -2.47. The van der Waals surface area contributed by atoms with Gasteiger partial charge in [-0.05, 0) is 49.5 Å². The van der Waals surface area contributed by atoms with Crippen LogP contribution in [-0.2, 0) is 0 Å². The highest BCUT2D eigenvalue weighted by Gasteiger charge is 2.40. The maximum atomic E-state index is 3.83. The molecule has 1 saturated heterocycles. The fourth-order valence-electron chi connectivity index (χ4n) is 3.45. The lowest BCUT2D eigenvalue weighted by Crippen LogP contribution is -2.61. The fourth-order valence-corrected chi connectivity index (χ4v) is 3.45.